The molecule has 0 spiro atoms. The van der Waals surface area contributed by atoms with Gasteiger partial charge in [-0.15, -0.1) is 0 Å². The van der Waals surface area contributed by atoms with Gasteiger partial charge in [-0.2, -0.15) is 0 Å². The predicted octanol–water partition coefficient (Wildman–Crippen LogP) is 6.75. The molecule has 198 valence electrons. The summed E-state index contributed by atoms with van der Waals surface area (Å²) in [6.45, 7) is 7.89. The smallest absolute Gasteiger partial charge is 0.306 e. The van der Waals surface area contributed by atoms with Crippen molar-refractivity contribution in [2.45, 2.75) is 103 Å². The molecule has 6 nitrogen and oxygen atoms in total. The topological polar surface area (TPSA) is 85.7 Å². The van der Waals surface area contributed by atoms with Crippen LogP contribution in [-0.2, 0) is 14.3 Å². The lowest BCUT2D eigenvalue weighted by molar-refractivity contribution is -0.154. The summed E-state index contributed by atoms with van der Waals surface area (Å²) in [5.41, 5.74) is 1.97. The first-order chi connectivity index (χ1) is 17.2. The van der Waals surface area contributed by atoms with E-state index in [-0.39, 0.29) is 30.3 Å². The highest BCUT2D eigenvalue weighted by Crippen LogP contribution is 2.68. The van der Waals surface area contributed by atoms with Crippen LogP contribution < -0.4 is 4.74 Å². The monoisotopic (exact) mass is 515 g/mol. The molecule has 0 amide bonds. The third-order valence-electron chi connectivity index (χ3n) is 10.1. The van der Waals surface area contributed by atoms with Crippen molar-refractivity contribution in [2.24, 2.45) is 28.6 Å². The molecular weight excluding hydrogens is 474 g/mol. The van der Waals surface area contributed by atoms with E-state index in [0.29, 0.717) is 23.2 Å². The third kappa shape index (κ3) is 4.61. The van der Waals surface area contributed by atoms with Gasteiger partial charge in [-0.25, -0.2) is 4.98 Å². The van der Waals surface area contributed by atoms with Gasteiger partial charge in [0.25, 0.3) is 0 Å². The lowest BCUT2D eigenvalue weighted by Gasteiger charge is -2.58. The number of carbonyl (C=O) groups is 2. The Morgan fingerprint density at radius 2 is 1.97 bits per heavy atom. The van der Waals surface area contributed by atoms with Crippen LogP contribution in [0.5, 0.6) is 5.06 Å². The molecule has 7 atom stereocenters. The number of hydrogen-bond donors (Lipinski definition) is 1. The summed E-state index contributed by atoms with van der Waals surface area (Å²) in [4.78, 5) is 27.7. The van der Waals surface area contributed by atoms with Crippen molar-refractivity contribution in [3.8, 4) is 5.06 Å². The first-order valence-electron chi connectivity index (χ1n) is 13.9. The summed E-state index contributed by atoms with van der Waals surface area (Å²) >= 11 is 1.76. The van der Waals surface area contributed by atoms with Gasteiger partial charge in [0.05, 0.1) is 30.7 Å². The van der Waals surface area contributed by atoms with Crippen molar-refractivity contribution < 1.29 is 24.2 Å². The molecule has 0 bridgehead atoms. The van der Waals surface area contributed by atoms with Gasteiger partial charge in [0.1, 0.15) is 6.10 Å². The molecule has 5 rings (SSSR count). The van der Waals surface area contributed by atoms with Crippen molar-refractivity contribution in [1.82, 2.24) is 4.98 Å². The number of aromatic nitrogens is 1. The molecule has 0 aromatic carbocycles. The Bertz CT molecular complexity index is 1020. The second kappa shape index (κ2) is 10.1. The van der Waals surface area contributed by atoms with Gasteiger partial charge >= 0.3 is 11.9 Å². The van der Waals surface area contributed by atoms with E-state index in [1.54, 1.807) is 11.3 Å². The van der Waals surface area contributed by atoms with Crippen LogP contribution in [0.15, 0.2) is 17.8 Å². The Kier molecular flexibility index (Phi) is 7.23. The number of ether oxygens (including phenoxy) is 2. The Morgan fingerprint density at radius 1 is 1.14 bits per heavy atom. The minimum atomic E-state index is -0.956. The zero-order chi connectivity index (χ0) is 25.5. The molecular formula is C29H41NO5S. The highest BCUT2D eigenvalue weighted by molar-refractivity contribution is 7.13. The second-order valence-corrected chi connectivity index (χ2v) is 13.1. The van der Waals surface area contributed by atoms with Crippen molar-refractivity contribution in [2.75, 3.05) is 6.61 Å². The molecule has 4 aliphatic rings. The van der Waals surface area contributed by atoms with Crippen molar-refractivity contribution in [1.29, 1.82) is 0 Å². The number of esters is 1. The molecule has 1 heterocycles. The zero-order valence-electron chi connectivity index (χ0n) is 22.0. The van der Waals surface area contributed by atoms with Crippen LogP contribution in [-0.4, -0.2) is 34.7 Å². The lowest BCUT2D eigenvalue weighted by atomic mass is 9.47. The minimum Gasteiger partial charge on any atom is -0.483 e. The van der Waals surface area contributed by atoms with E-state index >= 15 is 0 Å². The molecule has 4 aliphatic carbocycles. The number of hydrogen-bond acceptors (Lipinski definition) is 6. The SMILES string of the molecule is CCCOc1cnc([C@H]2CCC3[C@@H]4CC=C5C[C@@H](OC(=O)CCC(=O)O)CC[C@]5(C)C4CC[C@@]32C)s1. The minimum absolute atomic E-state index is 0.0421. The van der Waals surface area contributed by atoms with Crippen LogP contribution in [0.25, 0.3) is 0 Å². The number of allylic oxidation sites excluding steroid dienone is 1. The Labute approximate surface area is 218 Å². The summed E-state index contributed by atoms with van der Waals surface area (Å²) in [5, 5.41) is 11.1. The number of carboxylic acids is 1. The zero-order valence-corrected chi connectivity index (χ0v) is 22.8. The molecule has 7 heteroatoms. The fourth-order valence-electron chi connectivity index (χ4n) is 8.29. The van der Waals surface area contributed by atoms with E-state index in [1.165, 1.54) is 36.3 Å². The maximum atomic E-state index is 12.1. The second-order valence-electron chi connectivity index (χ2n) is 12.0. The van der Waals surface area contributed by atoms with Gasteiger partial charge in [0, 0.05) is 12.3 Å². The molecule has 36 heavy (non-hydrogen) atoms. The van der Waals surface area contributed by atoms with E-state index in [2.05, 4.69) is 26.8 Å². The largest absolute Gasteiger partial charge is 0.483 e. The van der Waals surface area contributed by atoms with Crippen LogP contribution in [0.1, 0.15) is 102 Å². The van der Waals surface area contributed by atoms with Crippen LogP contribution in [0, 0.1) is 28.6 Å². The Balaban J connectivity index is 1.27. The highest BCUT2D eigenvalue weighted by atomic mass is 32.1. The molecule has 1 aromatic heterocycles. The molecule has 3 saturated carbocycles. The van der Waals surface area contributed by atoms with Crippen molar-refractivity contribution in [3.63, 3.8) is 0 Å². The van der Waals surface area contributed by atoms with Crippen LogP contribution in [0.3, 0.4) is 0 Å². The summed E-state index contributed by atoms with van der Waals surface area (Å²) < 4.78 is 11.6. The Hall–Kier alpha value is -1.89. The quantitative estimate of drug-likeness (QED) is 0.304. The van der Waals surface area contributed by atoms with E-state index in [9.17, 15) is 9.59 Å². The first-order valence-corrected chi connectivity index (χ1v) is 14.8. The molecule has 0 aliphatic heterocycles. The van der Waals surface area contributed by atoms with Crippen molar-refractivity contribution >= 4 is 23.3 Å². The average Bonchev–Trinajstić information content (AvgIpc) is 3.45. The fraction of sp³-hybridized carbons (Fsp3) is 0.759. The molecule has 3 fully saturated rings. The van der Waals surface area contributed by atoms with Crippen LogP contribution in [0.2, 0.25) is 0 Å². The fourth-order valence-corrected chi connectivity index (χ4v) is 9.38. The van der Waals surface area contributed by atoms with E-state index in [1.807, 2.05) is 6.20 Å². The van der Waals surface area contributed by atoms with Crippen LogP contribution >= 0.6 is 11.3 Å². The van der Waals surface area contributed by atoms with Crippen LogP contribution in [0.4, 0.5) is 0 Å². The number of rotatable bonds is 8. The maximum absolute atomic E-state index is 12.1. The van der Waals surface area contributed by atoms with Gasteiger partial charge in [0.2, 0.25) is 0 Å². The maximum Gasteiger partial charge on any atom is 0.306 e. The summed E-state index contributed by atoms with van der Waals surface area (Å²) in [6.07, 6.45) is 14.0. The van der Waals surface area contributed by atoms with Gasteiger partial charge in [-0.1, -0.05) is 43.8 Å². The highest BCUT2D eigenvalue weighted by Gasteiger charge is 2.59. The molecule has 0 saturated heterocycles. The number of carboxylic acid groups (broad SMARTS) is 1. The number of carbonyl (C=O) groups excluding carboxylic acids is 1. The first kappa shape index (κ1) is 25.7. The molecule has 1 aromatic rings. The summed E-state index contributed by atoms with van der Waals surface area (Å²) in [5.74, 6) is 1.34. The van der Waals surface area contributed by atoms with Gasteiger partial charge in [0.15, 0.2) is 5.06 Å². The van der Waals surface area contributed by atoms with Gasteiger partial charge in [-0.3, -0.25) is 9.59 Å². The van der Waals surface area contributed by atoms with Gasteiger partial charge in [-0.05, 0) is 80.0 Å². The van der Waals surface area contributed by atoms with Crippen molar-refractivity contribution in [3.05, 3.63) is 22.9 Å². The number of aliphatic carboxylic acids is 1. The number of nitrogens with zero attached hydrogens (tertiary/aromatic N) is 1. The van der Waals surface area contributed by atoms with Gasteiger partial charge < -0.3 is 14.6 Å². The summed E-state index contributed by atoms with van der Waals surface area (Å²) in [6, 6.07) is 0. The molecule has 1 N–H and O–H groups in total. The predicted molar refractivity (Wildman–Crippen MR) is 139 cm³/mol. The van der Waals surface area contributed by atoms with E-state index in [0.717, 1.165) is 49.7 Å². The summed E-state index contributed by atoms with van der Waals surface area (Å²) in [7, 11) is 0. The molecule has 2 unspecified atom stereocenters. The normalized spacial score (nSPS) is 37.3. The van der Waals surface area contributed by atoms with E-state index < -0.39 is 5.97 Å². The molecule has 0 radical (unpaired) electrons. The van der Waals surface area contributed by atoms with E-state index in [4.69, 9.17) is 19.6 Å². The third-order valence-corrected chi connectivity index (χ3v) is 11.2. The Morgan fingerprint density at radius 3 is 2.75 bits per heavy atom. The standard InChI is InChI=1S/C29H41NO5S/c1-4-15-34-26-17-30-27(36-26)23-8-7-21-20-6-5-18-16-19(35-25(33)10-9-24(31)32)11-13-28(18,2)22(20)12-14-29(21,23)3/h5,17,19-23H,4,6-16H2,1-3H3,(H,31,32)/t19-,20-,21?,22?,23+,28-,29-/m0/s1. The lowest BCUT2D eigenvalue weighted by Crippen LogP contribution is -2.50. The average molecular weight is 516 g/mol. The number of thiazole rings is 1. The number of fused-ring (bicyclic) bond motifs is 5.